The third kappa shape index (κ3) is 4.56. The van der Waals surface area contributed by atoms with E-state index in [1.165, 1.54) is 36.5 Å². The zero-order chi connectivity index (χ0) is 31.3. The number of fused-ring (bicyclic) bond motifs is 7. The first kappa shape index (κ1) is 27.2. The van der Waals surface area contributed by atoms with Crippen molar-refractivity contribution >= 4 is 64.7 Å². The van der Waals surface area contributed by atoms with E-state index in [0.717, 1.165) is 44.8 Å². The Kier molecular flexibility index (Phi) is 6.38. The standard InChI is InChI=1S/C43H27N3S/c44-27-28-10-9-15-33(24-28)46-40-23-19-31(26-38(40)35-20-21-36-34-16-7-8-17-41(34)47-43(36)42(35)46)30-18-22-39(45-32-13-5-2-6-14-32)37(25-30)29-11-3-1-4-12-29/h1-26,45H. The molecular weight excluding hydrogens is 591 g/mol. The van der Waals surface area contributed by atoms with Gasteiger partial charge in [0.25, 0.3) is 0 Å². The molecule has 0 saturated carbocycles. The molecule has 2 heterocycles. The molecule has 0 unspecified atom stereocenters. The average Bonchev–Trinajstić information content (AvgIpc) is 3.68. The molecule has 3 nitrogen and oxygen atoms in total. The van der Waals surface area contributed by atoms with Crippen LogP contribution in [0, 0.1) is 11.3 Å². The fourth-order valence-corrected chi connectivity index (χ4v) is 8.05. The fourth-order valence-electron chi connectivity index (χ4n) is 6.81. The first-order chi connectivity index (χ1) is 23.2. The van der Waals surface area contributed by atoms with Crippen LogP contribution in [-0.4, -0.2) is 4.57 Å². The van der Waals surface area contributed by atoms with Crippen LogP contribution in [0.3, 0.4) is 0 Å². The van der Waals surface area contributed by atoms with E-state index >= 15 is 0 Å². The molecule has 2 aromatic heterocycles. The molecule has 220 valence electrons. The number of nitrogens with one attached hydrogen (secondary N) is 1. The van der Waals surface area contributed by atoms with Gasteiger partial charge in [0.2, 0.25) is 0 Å². The second-order valence-electron chi connectivity index (χ2n) is 11.8. The Morgan fingerprint density at radius 1 is 0.553 bits per heavy atom. The molecule has 0 aliphatic carbocycles. The molecule has 0 saturated heterocycles. The van der Waals surface area contributed by atoms with Gasteiger partial charge in [0.15, 0.2) is 0 Å². The average molecular weight is 618 g/mol. The maximum Gasteiger partial charge on any atom is 0.0992 e. The molecule has 0 bridgehead atoms. The Bertz CT molecular complexity index is 2660. The fraction of sp³-hybridized carbons (Fsp3) is 0. The van der Waals surface area contributed by atoms with Crippen molar-refractivity contribution < 1.29 is 0 Å². The third-order valence-corrected chi connectivity index (χ3v) is 10.2. The van der Waals surface area contributed by atoms with Gasteiger partial charge in [-0.25, -0.2) is 0 Å². The van der Waals surface area contributed by atoms with Crippen LogP contribution in [0.25, 0.3) is 69.9 Å². The Morgan fingerprint density at radius 3 is 2.15 bits per heavy atom. The SMILES string of the molecule is N#Cc1cccc(-n2c3ccc(-c4ccc(Nc5ccccc5)c(-c5ccccc5)c4)cc3c3ccc4c5ccccc5sc4c32)c1. The molecule has 47 heavy (non-hydrogen) atoms. The number of hydrogen-bond acceptors (Lipinski definition) is 3. The van der Waals surface area contributed by atoms with E-state index in [1.54, 1.807) is 0 Å². The summed E-state index contributed by atoms with van der Waals surface area (Å²) in [5.41, 5.74) is 10.7. The number of hydrogen-bond donors (Lipinski definition) is 1. The lowest BCUT2D eigenvalue weighted by Crippen LogP contribution is -1.95. The van der Waals surface area contributed by atoms with Crippen molar-refractivity contribution in [1.82, 2.24) is 4.57 Å². The molecule has 0 aliphatic rings. The van der Waals surface area contributed by atoms with Gasteiger partial charge in [-0.05, 0) is 77.4 Å². The minimum Gasteiger partial charge on any atom is -0.355 e. The number of thiophene rings is 1. The second-order valence-corrected chi connectivity index (χ2v) is 12.8. The summed E-state index contributed by atoms with van der Waals surface area (Å²) in [5, 5.41) is 18.3. The highest BCUT2D eigenvalue weighted by molar-refractivity contribution is 7.26. The monoisotopic (exact) mass is 617 g/mol. The summed E-state index contributed by atoms with van der Waals surface area (Å²) in [4.78, 5) is 0. The molecule has 9 rings (SSSR count). The number of benzene rings is 7. The van der Waals surface area contributed by atoms with Gasteiger partial charge in [-0.1, -0.05) is 97.1 Å². The van der Waals surface area contributed by atoms with E-state index in [9.17, 15) is 5.26 Å². The summed E-state index contributed by atoms with van der Waals surface area (Å²) in [6.45, 7) is 0. The second kappa shape index (κ2) is 11.0. The summed E-state index contributed by atoms with van der Waals surface area (Å²) < 4.78 is 4.87. The summed E-state index contributed by atoms with van der Waals surface area (Å²) in [6.07, 6.45) is 0. The molecule has 1 N–H and O–H groups in total. The van der Waals surface area contributed by atoms with Gasteiger partial charge in [0.05, 0.1) is 27.4 Å². The zero-order valence-corrected chi connectivity index (χ0v) is 26.1. The number of aromatic nitrogens is 1. The Balaban J connectivity index is 1.28. The van der Waals surface area contributed by atoms with Gasteiger partial charge in [0.1, 0.15) is 0 Å². The van der Waals surface area contributed by atoms with E-state index in [2.05, 4.69) is 137 Å². The molecule has 0 amide bonds. The Hall–Kier alpha value is -6.15. The van der Waals surface area contributed by atoms with Crippen LogP contribution in [-0.2, 0) is 0 Å². The molecule has 0 atom stereocenters. The van der Waals surface area contributed by atoms with Crippen molar-refractivity contribution in [3.8, 4) is 34.0 Å². The molecule has 4 heteroatoms. The Morgan fingerprint density at radius 2 is 1.30 bits per heavy atom. The third-order valence-electron chi connectivity index (χ3n) is 9.00. The van der Waals surface area contributed by atoms with Gasteiger partial charge < -0.3 is 9.88 Å². The van der Waals surface area contributed by atoms with Crippen LogP contribution in [0.2, 0.25) is 0 Å². The summed E-state index contributed by atoms with van der Waals surface area (Å²) in [6, 6.07) is 57.8. The van der Waals surface area contributed by atoms with Crippen LogP contribution in [0.5, 0.6) is 0 Å². The van der Waals surface area contributed by atoms with Gasteiger partial charge in [-0.15, -0.1) is 11.3 Å². The molecule has 7 aromatic carbocycles. The zero-order valence-electron chi connectivity index (χ0n) is 25.3. The number of anilines is 2. The van der Waals surface area contributed by atoms with E-state index in [-0.39, 0.29) is 0 Å². The number of rotatable bonds is 5. The lowest BCUT2D eigenvalue weighted by atomic mass is 9.96. The predicted molar refractivity (Wildman–Crippen MR) is 199 cm³/mol. The first-order valence-electron chi connectivity index (χ1n) is 15.7. The van der Waals surface area contributed by atoms with Crippen molar-refractivity contribution in [2.24, 2.45) is 0 Å². The highest BCUT2D eigenvalue weighted by atomic mass is 32.1. The van der Waals surface area contributed by atoms with Crippen LogP contribution in [0.4, 0.5) is 11.4 Å². The number of para-hydroxylation sites is 1. The summed E-state index contributed by atoms with van der Waals surface area (Å²) in [5.74, 6) is 0. The minimum atomic E-state index is 0.648. The summed E-state index contributed by atoms with van der Waals surface area (Å²) >= 11 is 1.83. The van der Waals surface area contributed by atoms with Crippen molar-refractivity contribution in [1.29, 1.82) is 5.26 Å². The van der Waals surface area contributed by atoms with Gasteiger partial charge in [-0.2, -0.15) is 5.26 Å². The summed E-state index contributed by atoms with van der Waals surface area (Å²) in [7, 11) is 0. The lowest BCUT2D eigenvalue weighted by molar-refractivity contribution is 1.18. The molecule has 0 fully saturated rings. The van der Waals surface area contributed by atoms with E-state index in [0.29, 0.717) is 5.56 Å². The van der Waals surface area contributed by atoms with E-state index in [1.807, 2.05) is 47.7 Å². The van der Waals surface area contributed by atoms with Crippen molar-refractivity contribution in [3.05, 3.63) is 163 Å². The van der Waals surface area contributed by atoms with Crippen LogP contribution in [0.15, 0.2) is 158 Å². The molecule has 0 aliphatic heterocycles. The smallest absolute Gasteiger partial charge is 0.0992 e. The molecule has 0 radical (unpaired) electrons. The number of nitrogens with zero attached hydrogens (tertiary/aromatic N) is 2. The van der Waals surface area contributed by atoms with Crippen LogP contribution in [0.1, 0.15) is 5.56 Å². The maximum atomic E-state index is 9.76. The largest absolute Gasteiger partial charge is 0.355 e. The quantitative estimate of drug-likeness (QED) is 0.209. The highest BCUT2D eigenvalue weighted by Gasteiger charge is 2.19. The maximum absolute atomic E-state index is 9.76. The van der Waals surface area contributed by atoms with Gasteiger partial charge in [0, 0.05) is 48.9 Å². The Labute approximate surface area is 276 Å². The molecular formula is C43H27N3S. The lowest BCUT2D eigenvalue weighted by Gasteiger charge is -2.15. The topological polar surface area (TPSA) is 40.8 Å². The van der Waals surface area contributed by atoms with Gasteiger partial charge >= 0.3 is 0 Å². The highest BCUT2D eigenvalue weighted by Crippen LogP contribution is 2.44. The first-order valence-corrected chi connectivity index (χ1v) is 16.5. The van der Waals surface area contributed by atoms with E-state index < -0.39 is 0 Å². The van der Waals surface area contributed by atoms with Crippen LogP contribution < -0.4 is 5.32 Å². The number of nitriles is 1. The van der Waals surface area contributed by atoms with Crippen molar-refractivity contribution in [3.63, 3.8) is 0 Å². The predicted octanol–water partition coefficient (Wildman–Crippen LogP) is 12.1. The normalized spacial score (nSPS) is 11.4. The molecule has 0 spiro atoms. The van der Waals surface area contributed by atoms with Crippen LogP contribution >= 0.6 is 11.3 Å². The van der Waals surface area contributed by atoms with Gasteiger partial charge in [-0.3, -0.25) is 0 Å². The van der Waals surface area contributed by atoms with Crippen molar-refractivity contribution in [2.75, 3.05) is 5.32 Å². The minimum absolute atomic E-state index is 0.648. The van der Waals surface area contributed by atoms with E-state index in [4.69, 9.17) is 0 Å². The molecule has 9 aromatic rings. The van der Waals surface area contributed by atoms with Crippen molar-refractivity contribution in [2.45, 2.75) is 0 Å².